The van der Waals surface area contributed by atoms with Crippen LogP contribution in [0.3, 0.4) is 0 Å². The van der Waals surface area contributed by atoms with Crippen molar-refractivity contribution < 1.29 is 19.4 Å². The standard InChI is InChI=1S/C20H38O2.C4H6O2/c1-3-5-6-7-8-9-10-11-12-13-14-15-16-17-18-19-20(21)22-4-2;1-2-3-4(5)6/h4H,2-3,5-19H2,1H3;2H,1,3H2,(H,5,6). The third kappa shape index (κ3) is 29.2. The Morgan fingerprint density at radius 1 is 0.750 bits per heavy atom. The minimum atomic E-state index is -0.829. The zero-order valence-electron chi connectivity index (χ0n) is 18.3. The number of carbonyl (C=O) groups excluding carboxylic acids is 1. The fourth-order valence-corrected chi connectivity index (χ4v) is 2.92. The van der Waals surface area contributed by atoms with Gasteiger partial charge in [0, 0.05) is 6.42 Å². The molecule has 0 amide bonds. The van der Waals surface area contributed by atoms with Gasteiger partial charge in [-0.05, 0) is 6.42 Å². The van der Waals surface area contributed by atoms with E-state index in [-0.39, 0.29) is 12.4 Å². The van der Waals surface area contributed by atoms with Gasteiger partial charge >= 0.3 is 11.9 Å². The minimum absolute atomic E-state index is 0.0556. The van der Waals surface area contributed by atoms with E-state index in [2.05, 4.69) is 24.8 Å². The second-order valence-corrected chi connectivity index (χ2v) is 7.24. The van der Waals surface area contributed by atoms with Crippen LogP contribution in [0.5, 0.6) is 0 Å². The van der Waals surface area contributed by atoms with Crippen LogP contribution in [0.2, 0.25) is 0 Å². The maximum absolute atomic E-state index is 11.1. The molecule has 4 nitrogen and oxygen atoms in total. The molecule has 0 aromatic rings. The van der Waals surface area contributed by atoms with E-state index in [9.17, 15) is 9.59 Å². The number of aliphatic carboxylic acids is 1. The molecular formula is C24H44O4. The Labute approximate surface area is 173 Å². The Kier molecular flexibility index (Phi) is 26.0. The number of carbonyl (C=O) groups is 2. The molecule has 0 saturated carbocycles. The largest absolute Gasteiger partial charge is 0.481 e. The Bertz CT molecular complexity index is 377. The third-order valence-corrected chi connectivity index (χ3v) is 4.52. The number of unbranched alkanes of at least 4 members (excludes halogenated alkanes) is 14. The van der Waals surface area contributed by atoms with Crippen molar-refractivity contribution in [2.24, 2.45) is 0 Å². The molecule has 0 aliphatic rings. The molecule has 0 aromatic carbocycles. The van der Waals surface area contributed by atoms with Crippen molar-refractivity contribution in [1.82, 2.24) is 0 Å². The average Bonchev–Trinajstić information content (AvgIpc) is 2.65. The lowest BCUT2D eigenvalue weighted by atomic mass is 10.0. The molecular weight excluding hydrogens is 352 g/mol. The van der Waals surface area contributed by atoms with Crippen molar-refractivity contribution in [1.29, 1.82) is 0 Å². The van der Waals surface area contributed by atoms with Crippen LogP contribution in [-0.2, 0) is 14.3 Å². The summed E-state index contributed by atoms with van der Waals surface area (Å²) < 4.78 is 4.69. The van der Waals surface area contributed by atoms with Gasteiger partial charge in [-0.25, -0.2) is 0 Å². The van der Waals surface area contributed by atoms with Crippen LogP contribution in [0.1, 0.15) is 116 Å². The molecule has 0 aromatic heterocycles. The van der Waals surface area contributed by atoms with E-state index in [0.717, 1.165) is 12.8 Å². The number of hydrogen-bond acceptors (Lipinski definition) is 3. The van der Waals surface area contributed by atoms with Crippen molar-refractivity contribution in [2.75, 3.05) is 0 Å². The normalized spacial score (nSPS) is 9.89. The molecule has 0 heterocycles. The summed E-state index contributed by atoms with van der Waals surface area (Å²) in [5.41, 5.74) is 0. The summed E-state index contributed by atoms with van der Waals surface area (Å²) in [5.74, 6) is -0.977. The van der Waals surface area contributed by atoms with Crippen LogP contribution in [0, 0.1) is 0 Å². The fourth-order valence-electron chi connectivity index (χ4n) is 2.92. The fraction of sp³-hybridized carbons (Fsp3) is 0.750. The Balaban J connectivity index is 0. The predicted octanol–water partition coefficient (Wildman–Crippen LogP) is 7.58. The highest BCUT2D eigenvalue weighted by Gasteiger charge is 2.00. The van der Waals surface area contributed by atoms with Gasteiger partial charge in [0.25, 0.3) is 0 Å². The first kappa shape index (κ1) is 28.6. The van der Waals surface area contributed by atoms with E-state index >= 15 is 0 Å². The molecule has 0 atom stereocenters. The van der Waals surface area contributed by atoms with Gasteiger partial charge in [0.05, 0.1) is 12.7 Å². The molecule has 0 bridgehead atoms. The van der Waals surface area contributed by atoms with E-state index in [1.807, 2.05) is 0 Å². The van der Waals surface area contributed by atoms with Crippen molar-refractivity contribution in [3.63, 3.8) is 0 Å². The lowest BCUT2D eigenvalue weighted by molar-refractivity contribution is -0.138. The summed E-state index contributed by atoms with van der Waals surface area (Å²) in [6, 6.07) is 0. The lowest BCUT2D eigenvalue weighted by Crippen LogP contribution is -1.98. The van der Waals surface area contributed by atoms with Gasteiger partial charge in [-0.2, -0.15) is 0 Å². The zero-order chi connectivity index (χ0) is 21.3. The first-order valence-corrected chi connectivity index (χ1v) is 11.2. The van der Waals surface area contributed by atoms with Crippen molar-refractivity contribution >= 4 is 11.9 Å². The molecule has 1 N–H and O–H groups in total. The van der Waals surface area contributed by atoms with Crippen LogP contribution in [0.15, 0.2) is 25.5 Å². The number of rotatable bonds is 19. The number of carboxylic acid groups (broad SMARTS) is 1. The highest BCUT2D eigenvalue weighted by molar-refractivity contribution is 5.69. The summed E-state index contributed by atoms with van der Waals surface area (Å²) in [7, 11) is 0. The van der Waals surface area contributed by atoms with Crippen LogP contribution >= 0.6 is 0 Å². The zero-order valence-corrected chi connectivity index (χ0v) is 18.3. The molecule has 0 rings (SSSR count). The number of carboxylic acids is 1. The minimum Gasteiger partial charge on any atom is -0.481 e. The average molecular weight is 397 g/mol. The van der Waals surface area contributed by atoms with Crippen molar-refractivity contribution in [2.45, 2.75) is 116 Å². The van der Waals surface area contributed by atoms with Crippen LogP contribution in [-0.4, -0.2) is 17.0 Å². The van der Waals surface area contributed by atoms with Gasteiger partial charge in [0.15, 0.2) is 0 Å². The first-order chi connectivity index (χ1) is 13.6. The third-order valence-electron chi connectivity index (χ3n) is 4.52. The second kappa shape index (κ2) is 25.4. The lowest BCUT2D eigenvalue weighted by Gasteiger charge is -2.03. The molecule has 0 aliphatic carbocycles. The molecule has 0 radical (unpaired) electrons. The highest BCUT2D eigenvalue weighted by atomic mass is 16.5. The summed E-state index contributed by atoms with van der Waals surface area (Å²) in [6.45, 7) is 8.87. The number of esters is 1. The number of hydrogen-bond donors (Lipinski definition) is 1. The predicted molar refractivity (Wildman–Crippen MR) is 118 cm³/mol. The van der Waals surface area contributed by atoms with Crippen molar-refractivity contribution in [3.05, 3.63) is 25.5 Å². The molecule has 164 valence electrons. The highest BCUT2D eigenvalue weighted by Crippen LogP contribution is 2.13. The maximum atomic E-state index is 11.1. The Morgan fingerprint density at radius 3 is 1.43 bits per heavy atom. The quantitative estimate of drug-likeness (QED) is 0.106. The number of ether oxygens (including phenoxy) is 1. The Hall–Kier alpha value is -1.58. The van der Waals surface area contributed by atoms with Gasteiger partial charge in [-0.3, -0.25) is 9.59 Å². The second-order valence-electron chi connectivity index (χ2n) is 7.24. The summed E-state index contributed by atoms with van der Waals surface area (Å²) >= 11 is 0. The van der Waals surface area contributed by atoms with Crippen LogP contribution < -0.4 is 0 Å². The van der Waals surface area contributed by atoms with Gasteiger partial charge < -0.3 is 9.84 Å². The molecule has 28 heavy (non-hydrogen) atoms. The van der Waals surface area contributed by atoms with Gasteiger partial charge in [-0.1, -0.05) is 109 Å². The van der Waals surface area contributed by atoms with Gasteiger partial charge in [0.1, 0.15) is 0 Å². The van der Waals surface area contributed by atoms with Crippen LogP contribution in [0.4, 0.5) is 0 Å². The SMILES string of the molecule is C=CCC(=O)O.C=COC(=O)CCCCCCCCCCCCCCCCC. The maximum Gasteiger partial charge on any atom is 0.310 e. The van der Waals surface area contributed by atoms with Crippen molar-refractivity contribution in [3.8, 4) is 0 Å². The van der Waals surface area contributed by atoms with E-state index in [1.54, 1.807) is 0 Å². The summed E-state index contributed by atoms with van der Waals surface area (Å²) in [6.07, 6.45) is 23.3. The topological polar surface area (TPSA) is 63.6 Å². The van der Waals surface area contributed by atoms with E-state index < -0.39 is 5.97 Å². The van der Waals surface area contributed by atoms with E-state index in [1.165, 1.54) is 95.8 Å². The molecule has 0 saturated heterocycles. The molecule has 0 spiro atoms. The molecule has 0 unspecified atom stereocenters. The smallest absolute Gasteiger partial charge is 0.310 e. The summed E-state index contributed by atoms with van der Waals surface area (Å²) in [5, 5.41) is 7.84. The Morgan fingerprint density at radius 2 is 1.14 bits per heavy atom. The summed E-state index contributed by atoms with van der Waals surface area (Å²) in [4.78, 5) is 20.6. The first-order valence-electron chi connectivity index (χ1n) is 11.2. The molecule has 0 aliphatic heterocycles. The van der Waals surface area contributed by atoms with E-state index in [0.29, 0.717) is 6.42 Å². The molecule has 0 fully saturated rings. The molecule has 4 heteroatoms. The van der Waals surface area contributed by atoms with E-state index in [4.69, 9.17) is 5.11 Å². The van der Waals surface area contributed by atoms with Gasteiger partial charge in [-0.15, -0.1) is 6.58 Å². The van der Waals surface area contributed by atoms with Gasteiger partial charge in [0.2, 0.25) is 0 Å². The monoisotopic (exact) mass is 396 g/mol. The van der Waals surface area contributed by atoms with Crippen LogP contribution in [0.25, 0.3) is 0 Å².